The summed E-state index contributed by atoms with van der Waals surface area (Å²) in [5.41, 5.74) is 4.75. The molecule has 1 amide bonds. The van der Waals surface area contributed by atoms with Crippen molar-refractivity contribution in [2.24, 2.45) is 5.92 Å². The monoisotopic (exact) mass is 533 g/mol. The van der Waals surface area contributed by atoms with Gasteiger partial charge in [0, 0.05) is 31.3 Å². The molecule has 1 aliphatic heterocycles. The van der Waals surface area contributed by atoms with E-state index in [1.54, 1.807) is 24.4 Å². The van der Waals surface area contributed by atoms with Crippen molar-refractivity contribution in [1.82, 2.24) is 19.5 Å². The summed E-state index contributed by atoms with van der Waals surface area (Å²) < 4.78 is 2.66. The summed E-state index contributed by atoms with van der Waals surface area (Å²) in [7, 11) is 0. The highest BCUT2D eigenvalue weighted by Crippen LogP contribution is 2.28. The third-order valence-corrected chi connectivity index (χ3v) is 7.12. The minimum atomic E-state index is 0.101. The Bertz CT molecular complexity index is 1370. The number of fused-ring (bicyclic) bond motifs is 1. The Morgan fingerprint density at radius 2 is 2.06 bits per heavy atom. The number of likely N-dealkylation sites (tertiary alicyclic amines) is 1. The number of halogens is 1. The summed E-state index contributed by atoms with van der Waals surface area (Å²) in [5.74, 6) is 1.50. The van der Waals surface area contributed by atoms with Gasteiger partial charge in [0.2, 0.25) is 5.91 Å². The van der Waals surface area contributed by atoms with E-state index in [0.717, 1.165) is 58.7 Å². The van der Waals surface area contributed by atoms with Crippen LogP contribution in [-0.4, -0.2) is 50.1 Å². The quantitative estimate of drug-likeness (QED) is 0.361. The second-order valence-corrected chi connectivity index (χ2v) is 10.00. The molecular weight excluding hydrogens is 506 g/mol. The summed E-state index contributed by atoms with van der Waals surface area (Å²) in [4.78, 5) is 19.7. The molecule has 1 saturated heterocycles. The molecule has 5 rings (SSSR count). The third-order valence-electron chi connectivity index (χ3n) is 6.56. The van der Waals surface area contributed by atoms with Crippen LogP contribution >= 0.6 is 15.9 Å². The first kappa shape index (κ1) is 23.4. The van der Waals surface area contributed by atoms with E-state index < -0.39 is 0 Å². The fraction of sp³-hybridized carbons (Fsp3) is 0.296. The van der Waals surface area contributed by atoms with Gasteiger partial charge in [-0.1, -0.05) is 36.4 Å². The molecule has 180 valence electrons. The van der Waals surface area contributed by atoms with E-state index in [2.05, 4.69) is 45.4 Å². The summed E-state index contributed by atoms with van der Waals surface area (Å²) in [6, 6.07) is 17.2. The lowest BCUT2D eigenvalue weighted by atomic mass is 9.97. The molecule has 0 radical (unpaired) electrons. The van der Waals surface area contributed by atoms with Crippen molar-refractivity contribution < 1.29 is 9.90 Å². The third kappa shape index (κ3) is 5.17. The number of piperidine rings is 1. The van der Waals surface area contributed by atoms with Crippen LogP contribution in [0.5, 0.6) is 5.75 Å². The number of amides is 1. The molecule has 2 aromatic heterocycles. The molecule has 1 unspecified atom stereocenters. The molecule has 1 atom stereocenters. The van der Waals surface area contributed by atoms with Crippen molar-refractivity contribution in [3.8, 4) is 17.0 Å². The van der Waals surface area contributed by atoms with Crippen LogP contribution in [0, 0.1) is 12.8 Å². The van der Waals surface area contributed by atoms with Crippen LogP contribution in [0.4, 0.5) is 5.82 Å². The Morgan fingerprint density at radius 1 is 1.20 bits per heavy atom. The molecule has 1 aliphatic rings. The number of aryl methyl sites for hydroxylation is 1. The minimum Gasteiger partial charge on any atom is -0.508 e. The Balaban J connectivity index is 1.31. The van der Waals surface area contributed by atoms with Crippen LogP contribution in [0.3, 0.4) is 0 Å². The minimum absolute atomic E-state index is 0.101. The Kier molecular flexibility index (Phi) is 6.72. The Hall–Kier alpha value is -3.39. The van der Waals surface area contributed by atoms with E-state index >= 15 is 0 Å². The number of carbonyl (C=O) groups is 1. The van der Waals surface area contributed by atoms with Crippen LogP contribution in [-0.2, 0) is 11.2 Å². The highest BCUT2D eigenvalue weighted by atomic mass is 79.9. The summed E-state index contributed by atoms with van der Waals surface area (Å²) in [6.07, 6.45) is 4.11. The van der Waals surface area contributed by atoms with Gasteiger partial charge in [0.1, 0.15) is 11.6 Å². The van der Waals surface area contributed by atoms with Crippen LogP contribution in [0.1, 0.15) is 24.0 Å². The van der Waals surface area contributed by atoms with Crippen molar-refractivity contribution in [2.75, 3.05) is 25.0 Å². The molecule has 7 nitrogen and oxygen atoms in total. The smallest absolute Gasteiger partial charge is 0.227 e. The van der Waals surface area contributed by atoms with Gasteiger partial charge in [-0.15, -0.1) is 0 Å². The van der Waals surface area contributed by atoms with Crippen LogP contribution < -0.4 is 5.32 Å². The number of hydrogen-bond donors (Lipinski definition) is 2. The molecule has 3 heterocycles. The van der Waals surface area contributed by atoms with Gasteiger partial charge in [-0.25, -0.2) is 4.98 Å². The first-order valence-electron chi connectivity index (χ1n) is 11.9. The van der Waals surface area contributed by atoms with Gasteiger partial charge in [0.25, 0.3) is 0 Å². The lowest BCUT2D eigenvalue weighted by Gasteiger charge is -2.33. The fourth-order valence-corrected chi connectivity index (χ4v) is 5.07. The molecule has 2 N–H and O–H groups in total. The number of nitrogens with zero attached hydrogens (tertiary/aromatic N) is 4. The predicted molar refractivity (Wildman–Crippen MR) is 140 cm³/mol. The first-order valence-corrected chi connectivity index (χ1v) is 12.7. The van der Waals surface area contributed by atoms with Gasteiger partial charge in [0.15, 0.2) is 5.65 Å². The van der Waals surface area contributed by atoms with E-state index in [4.69, 9.17) is 4.98 Å². The van der Waals surface area contributed by atoms with Crippen LogP contribution in [0.2, 0.25) is 0 Å². The number of benzene rings is 2. The van der Waals surface area contributed by atoms with Crippen molar-refractivity contribution >= 4 is 33.3 Å². The normalized spacial score (nSPS) is 15.9. The van der Waals surface area contributed by atoms with Crippen LogP contribution in [0.25, 0.3) is 16.9 Å². The van der Waals surface area contributed by atoms with Crippen molar-refractivity contribution in [3.05, 3.63) is 76.4 Å². The lowest BCUT2D eigenvalue weighted by Crippen LogP contribution is -2.42. The molecule has 0 aliphatic carbocycles. The van der Waals surface area contributed by atoms with Crippen LogP contribution in [0.15, 0.2) is 65.3 Å². The van der Waals surface area contributed by atoms with E-state index in [1.165, 1.54) is 5.56 Å². The van der Waals surface area contributed by atoms with E-state index in [0.29, 0.717) is 18.9 Å². The number of anilines is 1. The van der Waals surface area contributed by atoms with Gasteiger partial charge in [-0.3, -0.25) is 4.79 Å². The lowest BCUT2D eigenvalue weighted by molar-refractivity contribution is -0.132. The summed E-state index contributed by atoms with van der Waals surface area (Å²) in [5, 5.41) is 17.8. The van der Waals surface area contributed by atoms with Gasteiger partial charge < -0.3 is 15.3 Å². The van der Waals surface area contributed by atoms with E-state index in [1.807, 2.05) is 33.7 Å². The summed E-state index contributed by atoms with van der Waals surface area (Å²) in [6.45, 7) is 4.31. The topological polar surface area (TPSA) is 82.8 Å². The highest BCUT2D eigenvalue weighted by Gasteiger charge is 2.24. The second kappa shape index (κ2) is 10.1. The maximum Gasteiger partial charge on any atom is 0.227 e. The van der Waals surface area contributed by atoms with Crippen molar-refractivity contribution in [1.29, 1.82) is 0 Å². The fourth-order valence-electron chi connectivity index (χ4n) is 4.72. The zero-order valence-electron chi connectivity index (χ0n) is 19.6. The number of phenolic OH excluding ortho intramolecular Hbond substituents is 1. The molecule has 1 fully saturated rings. The second-order valence-electron chi connectivity index (χ2n) is 9.15. The zero-order valence-corrected chi connectivity index (χ0v) is 21.2. The Morgan fingerprint density at radius 3 is 2.89 bits per heavy atom. The average Bonchev–Trinajstić information content (AvgIpc) is 3.24. The van der Waals surface area contributed by atoms with Gasteiger partial charge in [-0.05, 0) is 64.9 Å². The van der Waals surface area contributed by atoms with Gasteiger partial charge in [0.05, 0.1) is 22.8 Å². The maximum atomic E-state index is 12.9. The number of aromatic hydroxyl groups is 1. The molecule has 35 heavy (non-hydrogen) atoms. The largest absolute Gasteiger partial charge is 0.508 e. The number of rotatable bonds is 6. The van der Waals surface area contributed by atoms with Gasteiger partial charge in [-0.2, -0.15) is 9.61 Å². The molecule has 0 spiro atoms. The number of carbonyl (C=O) groups excluding carboxylic acids is 1. The zero-order chi connectivity index (χ0) is 24.4. The number of aromatic nitrogens is 3. The molecule has 2 aromatic carbocycles. The maximum absolute atomic E-state index is 12.9. The van der Waals surface area contributed by atoms with E-state index in [9.17, 15) is 9.90 Å². The van der Waals surface area contributed by atoms with E-state index in [-0.39, 0.29) is 11.7 Å². The summed E-state index contributed by atoms with van der Waals surface area (Å²) >= 11 is 3.58. The molecule has 0 saturated carbocycles. The van der Waals surface area contributed by atoms with Crippen molar-refractivity contribution in [2.45, 2.75) is 26.2 Å². The number of phenols is 1. The standard InChI is InChI=1S/C27H28BrN5O2/c1-18-6-2-3-10-22(18)24-14-25(33-27(31-24)23(28)16-30-33)29-15-20-8-5-11-32(17-20)26(35)13-19-7-4-9-21(34)12-19/h2-4,6-7,9-10,12,14,16,20,29,34H,5,8,11,13,15,17H2,1H3. The highest BCUT2D eigenvalue weighted by molar-refractivity contribution is 9.10. The molecule has 8 heteroatoms. The number of hydrogen-bond acceptors (Lipinski definition) is 5. The molecule has 0 bridgehead atoms. The average molecular weight is 534 g/mol. The van der Waals surface area contributed by atoms with Crippen molar-refractivity contribution in [3.63, 3.8) is 0 Å². The molecule has 4 aromatic rings. The SMILES string of the molecule is Cc1ccccc1-c1cc(NCC2CCCN(C(=O)Cc3cccc(O)c3)C2)n2ncc(Br)c2n1. The van der Waals surface area contributed by atoms with Gasteiger partial charge >= 0.3 is 0 Å². The number of nitrogens with one attached hydrogen (secondary N) is 1. The predicted octanol–water partition coefficient (Wildman–Crippen LogP) is 5.07. The first-order chi connectivity index (χ1) is 17.0. The Labute approximate surface area is 212 Å². The molecular formula is C27H28BrN5O2.